The standard InChI is InChI=1S/C30H29ClF3N3O8S/c1-35(2)27(38)23-17-44-14-13-36(23)29(20-7-5-6-8-24(20)43-4)21-15-18(31)9-11-22(21)37(28(29)39)46(40,41)26-12-10-19(42-3)16-25(26)45-30(32,33)34/h5-12,15-16,23H,13-14,17H2,1-4H3/t23-,29?/m0/s1. The van der Waals surface area contributed by atoms with Crippen LogP contribution in [0.25, 0.3) is 0 Å². The minimum absolute atomic E-state index is 0.0289. The summed E-state index contributed by atoms with van der Waals surface area (Å²) >= 11 is 6.47. The molecule has 0 saturated carbocycles. The van der Waals surface area contributed by atoms with Crippen molar-refractivity contribution in [3.05, 3.63) is 76.8 Å². The number of alkyl halides is 3. The van der Waals surface area contributed by atoms with Crippen molar-refractivity contribution in [2.45, 2.75) is 22.8 Å². The maximum absolute atomic E-state index is 15.2. The highest BCUT2D eigenvalue weighted by atomic mass is 35.5. The number of carbonyl (C=O) groups excluding carboxylic acids is 2. The second kappa shape index (κ2) is 12.3. The van der Waals surface area contributed by atoms with E-state index in [1.165, 1.54) is 56.3 Å². The summed E-state index contributed by atoms with van der Waals surface area (Å²) in [5.41, 5.74) is -2.05. The number of anilines is 1. The fourth-order valence-electron chi connectivity index (χ4n) is 5.86. The summed E-state index contributed by atoms with van der Waals surface area (Å²) < 4.78 is 90.4. The van der Waals surface area contributed by atoms with Gasteiger partial charge in [0.05, 0.1) is 33.1 Å². The molecule has 2 heterocycles. The highest BCUT2D eigenvalue weighted by Gasteiger charge is 2.63. The van der Waals surface area contributed by atoms with E-state index in [4.69, 9.17) is 25.8 Å². The second-order valence-electron chi connectivity index (χ2n) is 10.5. The van der Waals surface area contributed by atoms with E-state index in [1.54, 1.807) is 24.3 Å². The predicted molar refractivity (Wildman–Crippen MR) is 160 cm³/mol. The highest BCUT2D eigenvalue weighted by Crippen LogP contribution is 2.54. The zero-order valence-corrected chi connectivity index (χ0v) is 26.6. The van der Waals surface area contributed by atoms with Crippen molar-refractivity contribution < 1.29 is 50.1 Å². The molecule has 0 spiro atoms. The summed E-state index contributed by atoms with van der Waals surface area (Å²) in [6.45, 7) is -0.114. The highest BCUT2D eigenvalue weighted by molar-refractivity contribution is 7.93. The van der Waals surface area contributed by atoms with E-state index in [1.807, 2.05) is 0 Å². The van der Waals surface area contributed by atoms with Crippen LogP contribution in [-0.4, -0.2) is 90.5 Å². The maximum Gasteiger partial charge on any atom is 0.573 e. The van der Waals surface area contributed by atoms with Gasteiger partial charge in [0.1, 0.15) is 22.4 Å². The molecule has 0 aliphatic carbocycles. The van der Waals surface area contributed by atoms with Crippen molar-refractivity contribution in [1.29, 1.82) is 0 Å². The van der Waals surface area contributed by atoms with Crippen LogP contribution in [0.2, 0.25) is 5.02 Å². The maximum atomic E-state index is 15.2. The van der Waals surface area contributed by atoms with Crippen LogP contribution in [0, 0.1) is 0 Å². The largest absolute Gasteiger partial charge is 0.573 e. The van der Waals surface area contributed by atoms with Crippen LogP contribution in [-0.2, 0) is 29.9 Å². The van der Waals surface area contributed by atoms with Crippen LogP contribution < -0.4 is 18.5 Å². The summed E-state index contributed by atoms with van der Waals surface area (Å²) in [5, 5.41) is 0.124. The third-order valence-electron chi connectivity index (χ3n) is 7.74. The molecule has 1 saturated heterocycles. The molecule has 3 aromatic carbocycles. The molecule has 2 aliphatic heterocycles. The van der Waals surface area contributed by atoms with Gasteiger partial charge in [0, 0.05) is 42.9 Å². The number of hydrogen-bond acceptors (Lipinski definition) is 9. The van der Waals surface area contributed by atoms with Gasteiger partial charge in [0.25, 0.3) is 15.9 Å². The molecule has 0 aromatic heterocycles. The number of para-hydroxylation sites is 1. The van der Waals surface area contributed by atoms with Crippen molar-refractivity contribution in [2.75, 3.05) is 52.4 Å². The lowest BCUT2D eigenvalue weighted by molar-refractivity contribution is -0.275. The Bertz CT molecular complexity index is 1790. The van der Waals surface area contributed by atoms with E-state index >= 15 is 4.79 Å². The van der Waals surface area contributed by atoms with Crippen molar-refractivity contribution >= 4 is 39.1 Å². The average Bonchev–Trinajstić information content (AvgIpc) is 3.27. The van der Waals surface area contributed by atoms with Gasteiger partial charge in [-0.05, 0) is 36.4 Å². The lowest BCUT2D eigenvalue weighted by atomic mass is 9.80. The van der Waals surface area contributed by atoms with Crippen molar-refractivity contribution in [1.82, 2.24) is 9.80 Å². The Morgan fingerprint density at radius 1 is 1.02 bits per heavy atom. The average molecular weight is 684 g/mol. The monoisotopic (exact) mass is 683 g/mol. The van der Waals surface area contributed by atoms with Gasteiger partial charge in [-0.25, -0.2) is 12.7 Å². The van der Waals surface area contributed by atoms with Crippen molar-refractivity contribution in [3.63, 3.8) is 0 Å². The number of benzene rings is 3. The third-order valence-corrected chi connectivity index (χ3v) is 9.71. The van der Waals surface area contributed by atoms with E-state index < -0.39 is 50.4 Å². The van der Waals surface area contributed by atoms with Gasteiger partial charge in [-0.2, -0.15) is 0 Å². The fourth-order valence-corrected chi connectivity index (χ4v) is 7.59. The molecule has 2 atom stereocenters. The van der Waals surface area contributed by atoms with Gasteiger partial charge < -0.3 is 23.8 Å². The van der Waals surface area contributed by atoms with Crippen LogP contribution in [0.5, 0.6) is 17.2 Å². The Balaban J connectivity index is 1.85. The number of morpholine rings is 1. The molecule has 246 valence electrons. The normalized spacial score (nSPS) is 20.3. The Morgan fingerprint density at radius 3 is 2.39 bits per heavy atom. The molecule has 0 bridgehead atoms. The first-order chi connectivity index (χ1) is 21.7. The first kappa shape index (κ1) is 33.3. The van der Waals surface area contributed by atoms with Gasteiger partial charge >= 0.3 is 6.36 Å². The molecular weight excluding hydrogens is 655 g/mol. The summed E-state index contributed by atoms with van der Waals surface area (Å²) in [4.78, 5) is 30.7. The zero-order valence-electron chi connectivity index (χ0n) is 25.0. The first-order valence-corrected chi connectivity index (χ1v) is 15.5. The SMILES string of the molecule is COc1ccc(S(=O)(=O)N2C(=O)C(c3ccccc3OC)(N3CCOC[C@H]3C(=O)N(C)C)c3cc(Cl)ccc32)c(OC(F)(F)F)c1. The van der Waals surface area contributed by atoms with Gasteiger partial charge in [-0.3, -0.25) is 14.5 Å². The van der Waals surface area contributed by atoms with Crippen LogP contribution in [0.4, 0.5) is 18.9 Å². The fraction of sp³-hybridized carbons (Fsp3) is 0.333. The summed E-state index contributed by atoms with van der Waals surface area (Å²) in [6.07, 6.45) is -5.29. The number of likely N-dealkylation sites (N-methyl/N-ethyl adjacent to an activating group) is 1. The van der Waals surface area contributed by atoms with Crippen LogP contribution >= 0.6 is 11.6 Å². The van der Waals surface area contributed by atoms with Crippen molar-refractivity contribution in [3.8, 4) is 17.2 Å². The molecular formula is C30H29ClF3N3O8S. The van der Waals surface area contributed by atoms with Gasteiger partial charge in [-0.15, -0.1) is 13.2 Å². The minimum Gasteiger partial charge on any atom is -0.497 e. The van der Waals surface area contributed by atoms with E-state index in [0.717, 1.165) is 18.2 Å². The molecule has 1 fully saturated rings. The van der Waals surface area contributed by atoms with Crippen molar-refractivity contribution in [2.24, 2.45) is 0 Å². The predicted octanol–water partition coefficient (Wildman–Crippen LogP) is 4.02. The number of hydrogen-bond donors (Lipinski definition) is 0. The molecule has 2 amide bonds. The molecule has 2 aliphatic rings. The van der Waals surface area contributed by atoms with Gasteiger partial charge in [0.15, 0.2) is 11.3 Å². The summed E-state index contributed by atoms with van der Waals surface area (Å²) in [6, 6.07) is 12.0. The number of carbonyl (C=O) groups is 2. The third kappa shape index (κ3) is 5.50. The lowest BCUT2D eigenvalue weighted by Crippen LogP contribution is -2.64. The van der Waals surface area contributed by atoms with E-state index in [0.29, 0.717) is 4.31 Å². The van der Waals surface area contributed by atoms with Gasteiger partial charge in [0.2, 0.25) is 5.91 Å². The number of methoxy groups -OCH3 is 2. The molecule has 3 aromatic rings. The van der Waals surface area contributed by atoms with E-state index in [2.05, 4.69) is 4.74 Å². The molecule has 11 nitrogen and oxygen atoms in total. The Labute approximate surface area is 268 Å². The molecule has 16 heteroatoms. The Kier molecular flexibility index (Phi) is 8.90. The van der Waals surface area contributed by atoms with Crippen LogP contribution in [0.1, 0.15) is 11.1 Å². The van der Waals surface area contributed by atoms with E-state index in [9.17, 15) is 26.4 Å². The molecule has 0 N–H and O–H groups in total. The quantitative estimate of drug-likeness (QED) is 0.347. The molecule has 1 unspecified atom stereocenters. The molecule has 46 heavy (non-hydrogen) atoms. The van der Waals surface area contributed by atoms with Crippen LogP contribution in [0.3, 0.4) is 0 Å². The van der Waals surface area contributed by atoms with Gasteiger partial charge in [-0.1, -0.05) is 29.8 Å². The molecule has 0 radical (unpaired) electrons. The number of halogens is 4. The topological polar surface area (TPSA) is 115 Å². The number of ether oxygens (including phenoxy) is 4. The Morgan fingerprint density at radius 2 is 1.74 bits per heavy atom. The Hall–Kier alpha value is -4.05. The number of nitrogens with zero attached hydrogens (tertiary/aromatic N) is 3. The minimum atomic E-state index is -5.29. The number of rotatable bonds is 8. The lowest BCUT2D eigenvalue weighted by Gasteiger charge is -2.47. The summed E-state index contributed by atoms with van der Waals surface area (Å²) in [7, 11) is 0.419. The van der Waals surface area contributed by atoms with E-state index in [-0.39, 0.29) is 53.1 Å². The number of sulfonamides is 1. The first-order valence-electron chi connectivity index (χ1n) is 13.7. The number of fused-ring (bicyclic) bond motifs is 1. The van der Waals surface area contributed by atoms with Crippen LogP contribution in [0.15, 0.2) is 65.6 Å². The zero-order chi connectivity index (χ0) is 33.6. The second-order valence-corrected chi connectivity index (χ2v) is 12.7. The summed E-state index contributed by atoms with van der Waals surface area (Å²) in [5.74, 6) is -2.62. The smallest absolute Gasteiger partial charge is 0.497 e. The molecule has 5 rings (SSSR count). The number of amides is 2.